The van der Waals surface area contributed by atoms with Crippen molar-refractivity contribution in [2.24, 2.45) is 46.3 Å². The predicted octanol–water partition coefficient (Wildman–Crippen LogP) is -1.33. The van der Waals surface area contributed by atoms with Gasteiger partial charge in [-0.05, 0) is 106 Å². The van der Waals surface area contributed by atoms with Gasteiger partial charge in [-0.25, -0.2) is 0 Å². The van der Waals surface area contributed by atoms with E-state index in [4.69, 9.17) is 47.4 Å². The normalized spacial score (nSPS) is 54.9. The minimum absolute atomic E-state index is 0.00465. The first kappa shape index (κ1) is 57.5. The molecule has 0 radical (unpaired) electrons. The van der Waals surface area contributed by atoms with Gasteiger partial charge in [-0.2, -0.15) is 0 Å². The number of aliphatic hydroxyl groups excluding tert-OH is 12. The molecule has 8 fully saturated rings. The molecule has 31 atom stereocenters. The van der Waals surface area contributed by atoms with Crippen LogP contribution in [0.4, 0.5) is 0 Å². The Morgan fingerprint density at radius 1 is 0.649 bits per heavy atom. The van der Waals surface area contributed by atoms with Crippen LogP contribution in [0.25, 0.3) is 0 Å². The molecule has 0 aromatic carbocycles. The molecule has 426 valence electrons. The highest BCUT2D eigenvalue weighted by molar-refractivity contribution is 5.26. The summed E-state index contributed by atoms with van der Waals surface area (Å²) < 4.78 is 61.5. The van der Waals surface area contributed by atoms with Gasteiger partial charge >= 0.3 is 0 Å². The van der Waals surface area contributed by atoms with Gasteiger partial charge in [0.2, 0.25) is 0 Å². The molecule has 5 saturated heterocycles. The fourth-order valence-corrected chi connectivity index (χ4v) is 15.3. The van der Waals surface area contributed by atoms with Crippen molar-refractivity contribution >= 4 is 0 Å². The molecule has 9 aliphatic rings. The van der Waals surface area contributed by atoms with Gasteiger partial charge in [0.15, 0.2) is 30.9 Å². The molecule has 0 bridgehead atoms. The molecule has 22 nitrogen and oxygen atoms in total. The summed E-state index contributed by atoms with van der Waals surface area (Å²) in [5.74, 6) is 0.884. The Kier molecular flexibility index (Phi) is 17.4. The van der Waals surface area contributed by atoms with Crippen molar-refractivity contribution in [1.82, 2.24) is 0 Å². The monoisotopic (exact) mass is 1060 g/mol. The number of ether oxygens (including phenoxy) is 10. The number of rotatable bonds is 15. The molecule has 22 heteroatoms. The summed E-state index contributed by atoms with van der Waals surface area (Å²) in [6.45, 7) is 11.1. The van der Waals surface area contributed by atoms with E-state index in [-0.39, 0.29) is 41.3 Å². The quantitative estimate of drug-likeness (QED) is 0.0846. The van der Waals surface area contributed by atoms with Gasteiger partial charge in [0, 0.05) is 19.4 Å². The maximum Gasteiger partial charge on any atom is 0.187 e. The lowest BCUT2D eigenvalue weighted by atomic mass is 9.47. The third kappa shape index (κ3) is 10.1. The Labute approximate surface area is 432 Å². The zero-order chi connectivity index (χ0) is 53.5. The van der Waals surface area contributed by atoms with E-state index in [9.17, 15) is 61.3 Å². The smallest absolute Gasteiger partial charge is 0.187 e. The van der Waals surface area contributed by atoms with Crippen LogP contribution in [0.2, 0.25) is 0 Å². The first-order valence-corrected chi connectivity index (χ1v) is 27.2. The third-order valence-corrected chi connectivity index (χ3v) is 19.8. The van der Waals surface area contributed by atoms with Crippen LogP contribution in [0.1, 0.15) is 99.3 Å². The molecule has 9 unspecified atom stereocenters. The van der Waals surface area contributed by atoms with E-state index in [1.165, 1.54) is 19.4 Å². The highest BCUT2D eigenvalue weighted by Gasteiger charge is 2.68. The van der Waals surface area contributed by atoms with E-state index >= 15 is 0 Å². The summed E-state index contributed by atoms with van der Waals surface area (Å²) in [7, 11) is 1.72. The van der Waals surface area contributed by atoms with Crippen molar-refractivity contribution in [2.45, 2.75) is 240 Å². The van der Waals surface area contributed by atoms with Crippen LogP contribution in [0, 0.1) is 46.3 Å². The third-order valence-electron chi connectivity index (χ3n) is 19.8. The zero-order valence-corrected chi connectivity index (χ0v) is 43.7. The summed E-state index contributed by atoms with van der Waals surface area (Å²) >= 11 is 0. The van der Waals surface area contributed by atoms with Gasteiger partial charge in [-0.15, -0.1) is 0 Å². The molecule has 0 aromatic heterocycles. The maximum absolute atomic E-state index is 12.1. The summed E-state index contributed by atoms with van der Waals surface area (Å²) in [5, 5.41) is 127. The van der Waals surface area contributed by atoms with Gasteiger partial charge in [-0.1, -0.05) is 39.3 Å². The van der Waals surface area contributed by atoms with Gasteiger partial charge in [0.25, 0.3) is 0 Å². The fraction of sp³-hybridized carbons (Fsp3) is 0.962. The predicted molar refractivity (Wildman–Crippen MR) is 254 cm³/mol. The Morgan fingerprint density at radius 2 is 1.24 bits per heavy atom. The second-order valence-electron chi connectivity index (χ2n) is 24.0. The van der Waals surface area contributed by atoms with E-state index in [2.05, 4.69) is 26.8 Å². The number of methoxy groups -OCH3 is 1. The molecular formula is C52H86O22. The molecule has 0 spiro atoms. The number of fused-ring (bicyclic) bond motifs is 7. The lowest BCUT2D eigenvalue weighted by Gasteiger charge is -2.58. The zero-order valence-electron chi connectivity index (χ0n) is 43.7. The standard InChI is InChI=1S/C52H86O22/c1-21(20-66-46-40(61)39(60)36(57)31(18-53)70-46)10-15-52(65-7)22(2)33-30(74-52)17-29-27-9-8-25-16-26(11-13-50(25,5)28(27)12-14-51(29,33)6)69-49-45(73-48-42(63)38(59)35(56)24(4)68-48)43(64)44(32(19-54)71-49)72-47-41(62)37(58)34(55)23(3)67-47/h8,21-24,26-49,53-64H,9-20H2,1-7H3/t21?,22?,23-,24-,26?,27?,28?,29?,30?,31+,32+,33?,34+,35-,36+,37+,38+,39-,40+,41+,42+,43-,44+,45+,46+,47-,48-,49+,50-,51-,52?/m0/s1. The Hall–Kier alpha value is -1.14. The number of aliphatic hydroxyl groups is 12. The van der Waals surface area contributed by atoms with Crippen molar-refractivity contribution in [3.8, 4) is 0 Å². The summed E-state index contributed by atoms with van der Waals surface area (Å²) in [6, 6.07) is 0. The molecule has 3 saturated carbocycles. The molecule has 12 N–H and O–H groups in total. The van der Waals surface area contributed by atoms with Crippen LogP contribution in [0.5, 0.6) is 0 Å². The van der Waals surface area contributed by atoms with E-state index in [1.54, 1.807) is 7.11 Å². The lowest BCUT2D eigenvalue weighted by molar-refractivity contribution is -0.388. The van der Waals surface area contributed by atoms with Crippen LogP contribution < -0.4 is 0 Å². The molecule has 0 amide bonds. The van der Waals surface area contributed by atoms with E-state index in [0.29, 0.717) is 43.4 Å². The van der Waals surface area contributed by atoms with Crippen molar-refractivity contribution in [2.75, 3.05) is 26.9 Å². The van der Waals surface area contributed by atoms with Crippen molar-refractivity contribution in [3.05, 3.63) is 11.6 Å². The summed E-state index contributed by atoms with van der Waals surface area (Å²) in [5.41, 5.74) is 1.19. The van der Waals surface area contributed by atoms with E-state index in [0.717, 1.165) is 32.1 Å². The second kappa shape index (κ2) is 22.4. The Balaban J connectivity index is 0.854. The topological polar surface area (TPSA) is 335 Å². The van der Waals surface area contributed by atoms with Crippen molar-refractivity contribution in [3.63, 3.8) is 0 Å². The van der Waals surface area contributed by atoms with Gasteiger partial charge in [-0.3, -0.25) is 0 Å². The average Bonchev–Trinajstić information content (AvgIpc) is 3.84. The van der Waals surface area contributed by atoms with E-state index < -0.39 is 148 Å². The van der Waals surface area contributed by atoms with Gasteiger partial charge in [0.1, 0.15) is 85.5 Å². The van der Waals surface area contributed by atoms with Gasteiger partial charge < -0.3 is 109 Å². The minimum atomic E-state index is -1.74. The molecule has 5 heterocycles. The first-order valence-electron chi connectivity index (χ1n) is 27.2. The van der Waals surface area contributed by atoms with E-state index in [1.807, 2.05) is 6.92 Å². The molecule has 74 heavy (non-hydrogen) atoms. The first-order chi connectivity index (χ1) is 35.0. The highest BCUT2D eigenvalue weighted by atomic mass is 16.8. The minimum Gasteiger partial charge on any atom is -0.394 e. The maximum atomic E-state index is 12.1. The van der Waals surface area contributed by atoms with Crippen LogP contribution in [0.15, 0.2) is 11.6 Å². The number of allylic oxidation sites excluding steroid dienone is 1. The van der Waals surface area contributed by atoms with Gasteiger partial charge in [0.05, 0.1) is 44.2 Å². The molecule has 0 aromatic rings. The second-order valence-corrected chi connectivity index (χ2v) is 24.0. The van der Waals surface area contributed by atoms with Crippen molar-refractivity contribution < 1.29 is 109 Å². The SMILES string of the molecule is COC1(CCC(C)CO[C@@H]2O[C@H](CO)[C@@H](O)[C@H](O)[C@H]2O)OC2CC3C4CC=C5CC(O[C@@H]6O[C@H](CO)[C@@H](O[C@@H]7O[C@@H](C)[C@@H](O)[C@@H](O)[C@H]7O)[C@H](O)[C@H]6O[C@@H]6O[C@@H](C)[C@H](O)[C@@H](O)[C@H]6O)CC[C@]5(C)C4CC[C@]3(C)C2C1C. The molecule has 9 rings (SSSR count). The van der Waals surface area contributed by atoms with Crippen LogP contribution in [0.3, 0.4) is 0 Å². The average molecular weight is 1060 g/mol. The lowest BCUT2D eigenvalue weighted by Crippen LogP contribution is -2.66. The number of hydrogen-bond donors (Lipinski definition) is 12. The molecule has 5 aliphatic heterocycles. The van der Waals surface area contributed by atoms with Crippen LogP contribution in [-0.4, -0.2) is 229 Å². The number of hydrogen-bond acceptors (Lipinski definition) is 22. The summed E-state index contributed by atoms with van der Waals surface area (Å²) in [4.78, 5) is 0. The largest absolute Gasteiger partial charge is 0.394 e. The Bertz CT molecular complexity index is 1920. The Morgan fingerprint density at radius 3 is 1.86 bits per heavy atom. The fourth-order valence-electron chi connectivity index (χ4n) is 15.3. The highest BCUT2D eigenvalue weighted by Crippen LogP contribution is 2.70. The van der Waals surface area contributed by atoms with Crippen molar-refractivity contribution in [1.29, 1.82) is 0 Å². The molecule has 4 aliphatic carbocycles. The van der Waals surface area contributed by atoms with Crippen LogP contribution >= 0.6 is 0 Å². The molecular weight excluding hydrogens is 977 g/mol. The van der Waals surface area contributed by atoms with Crippen LogP contribution in [-0.2, 0) is 47.4 Å². The summed E-state index contributed by atoms with van der Waals surface area (Å²) in [6.07, 6.45) is -19.4.